The Morgan fingerprint density at radius 3 is 2.53 bits per heavy atom. The third-order valence-electron chi connectivity index (χ3n) is 3.33. The van der Waals surface area contributed by atoms with Crippen LogP contribution in [0.25, 0.3) is 6.08 Å². The van der Waals surface area contributed by atoms with Gasteiger partial charge in [-0.2, -0.15) is 0 Å². The highest BCUT2D eigenvalue weighted by molar-refractivity contribution is 5.67. The quantitative estimate of drug-likeness (QED) is 0.802. The lowest BCUT2D eigenvalue weighted by molar-refractivity contribution is 0.158. The number of rotatable bonds is 1. The van der Waals surface area contributed by atoms with Gasteiger partial charge in [0.15, 0.2) is 0 Å². The Bertz CT molecular complexity index is 484. The van der Waals surface area contributed by atoms with Crippen LogP contribution in [0.4, 0.5) is 0 Å². The highest BCUT2D eigenvalue weighted by Crippen LogP contribution is 2.37. The van der Waals surface area contributed by atoms with Crippen LogP contribution in [0.1, 0.15) is 49.1 Å². The molecular weight excluding hydrogens is 210 g/mol. The van der Waals surface area contributed by atoms with Crippen molar-refractivity contribution in [3.05, 3.63) is 34.4 Å². The fourth-order valence-electron chi connectivity index (χ4n) is 2.57. The van der Waals surface area contributed by atoms with Gasteiger partial charge < -0.3 is 10.5 Å². The van der Waals surface area contributed by atoms with Gasteiger partial charge in [-0.3, -0.25) is 0 Å². The Balaban J connectivity index is 2.62. The first kappa shape index (κ1) is 12.2. The first-order chi connectivity index (χ1) is 7.82. The van der Waals surface area contributed by atoms with Gasteiger partial charge in [0.05, 0.1) is 0 Å². The fourth-order valence-corrected chi connectivity index (χ4v) is 2.57. The maximum absolute atomic E-state index is 6.04. The van der Waals surface area contributed by atoms with E-state index in [1.807, 2.05) is 6.92 Å². The molecule has 1 aliphatic rings. The summed E-state index contributed by atoms with van der Waals surface area (Å²) in [6.07, 6.45) is 4.25. The van der Waals surface area contributed by atoms with Crippen LogP contribution in [0, 0.1) is 13.8 Å². The molecule has 0 amide bonds. The summed E-state index contributed by atoms with van der Waals surface area (Å²) in [6.45, 7) is 10.4. The van der Waals surface area contributed by atoms with Crippen molar-refractivity contribution in [2.45, 2.75) is 46.3 Å². The number of ether oxygens (including phenoxy) is 1. The number of aryl methyl sites for hydroxylation is 1. The Kier molecular flexibility index (Phi) is 2.78. The average Bonchev–Trinajstić information content (AvgIpc) is 2.14. The zero-order valence-electron chi connectivity index (χ0n) is 11.3. The molecule has 0 saturated carbocycles. The number of hydrogen-bond donors (Lipinski definition) is 1. The molecule has 0 aromatic heterocycles. The van der Waals surface area contributed by atoms with Gasteiger partial charge in [-0.05, 0) is 63.5 Å². The van der Waals surface area contributed by atoms with Gasteiger partial charge in [0, 0.05) is 11.6 Å². The number of nitrogens with two attached hydrogens (primary N) is 1. The topological polar surface area (TPSA) is 35.2 Å². The number of hydrogen-bond acceptors (Lipinski definition) is 2. The minimum Gasteiger partial charge on any atom is -0.483 e. The molecule has 1 unspecified atom stereocenters. The van der Waals surface area contributed by atoms with E-state index in [4.69, 9.17) is 10.5 Å². The van der Waals surface area contributed by atoms with E-state index in [1.54, 1.807) is 0 Å². The molecule has 0 fully saturated rings. The first-order valence-corrected chi connectivity index (χ1v) is 6.10. The molecule has 1 atom stereocenters. The van der Waals surface area contributed by atoms with Crippen LogP contribution in [0.3, 0.4) is 0 Å². The standard InChI is InChI=1S/C15H21NO/c1-9-8-13-12(6-7-15(4,5)17-13)10(2)14(9)11(3)16/h6-8,11H,16H2,1-5H3. The monoisotopic (exact) mass is 231 g/mol. The third-order valence-corrected chi connectivity index (χ3v) is 3.33. The van der Waals surface area contributed by atoms with E-state index in [0.29, 0.717) is 0 Å². The van der Waals surface area contributed by atoms with Gasteiger partial charge in [0.1, 0.15) is 11.4 Å². The van der Waals surface area contributed by atoms with Crippen molar-refractivity contribution in [1.29, 1.82) is 0 Å². The minimum atomic E-state index is -0.221. The van der Waals surface area contributed by atoms with Crippen LogP contribution >= 0.6 is 0 Å². The normalized spacial score (nSPS) is 18.5. The molecule has 1 aromatic carbocycles. The van der Waals surface area contributed by atoms with Gasteiger partial charge >= 0.3 is 0 Å². The van der Waals surface area contributed by atoms with Gasteiger partial charge in [0.2, 0.25) is 0 Å². The summed E-state index contributed by atoms with van der Waals surface area (Å²) >= 11 is 0. The van der Waals surface area contributed by atoms with Gasteiger partial charge in [-0.1, -0.05) is 6.08 Å². The molecule has 92 valence electrons. The molecule has 2 heteroatoms. The molecule has 2 nitrogen and oxygen atoms in total. The molecular formula is C15H21NO. The van der Waals surface area contributed by atoms with E-state index in [2.05, 4.69) is 45.9 Å². The maximum Gasteiger partial charge on any atom is 0.128 e. The zero-order valence-corrected chi connectivity index (χ0v) is 11.3. The van der Waals surface area contributed by atoms with Crippen LogP contribution in [0.2, 0.25) is 0 Å². The van der Waals surface area contributed by atoms with Crippen molar-refractivity contribution in [3.63, 3.8) is 0 Å². The summed E-state index contributed by atoms with van der Waals surface area (Å²) < 4.78 is 5.99. The highest BCUT2D eigenvalue weighted by atomic mass is 16.5. The second-order valence-corrected chi connectivity index (χ2v) is 5.47. The molecule has 0 aliphatic carbocycles. The average molecular weight is 231 g/mol. The summed E-state index contributed by atoms with van der Waals surface area (Å²) in [6, 6.07) is 2.16. The van der Waals surface area contributed by atoms with E-state index < -0.39 is 0 Å². The fraction of sp³-hybridized carbons (Fsp3) is 0.467. The lowest BCUT2D eigenvalue weighted by Crippen LogP contribution is -2.28. The van der Waals surface area contributed by atoms with Crippen molar-refractivity contribution >= 4 is 6.08 Å². The molecule has 0 radical (unpaired) electrons. The zero-order chi connectivity index (χ0) is 12.8. The molecule has 1 heterocycles. The Hall–Kier alpha value is -1.28. The van der Waals surface area contributed by atoms with Crippen LogP contribution in [-0.4, -0.2) is 5.60 Å². The van der Waals surface area contributed by atoms with Crippen molar-refractivity contribution in [2.75, 3.05) is 0 Å². The molecule has 17 heavy (non-hydrogen) atoms. The van der Waals surface area contributed by atoms with Crippen LogP contribution < -0.4 is 10.5 Å². The van der Waals surface area contributed by atoms with Crippen molar-refractivity contribution in [3.8, 4) is 5.75 Å². The summed E-state index contributed by atoms with van der Waals surface area (Å²) in [7, 11) is 0. The van der Waals surface area contributed by atoms with Crippen LogP contribution in [0.15, 0.2) is 12.1 Å². The van der Waals surface area contributed by atoms with Crippen LogP contribution in [0.5, 0.6) is 5.75 Å². The first-order valence-electron chi connectivity index (χ1n) is 6.10. The summed E-state index contributed by atoms with van der Waals surface area (Å²) in [5, 5.41) is 0. The van der Waals surface area contributed by atoms with Gasteiger partial charge in [-0.25, -0.2) is 0 Å². The smallest absolute Gasteiger partial charge is 0.128 e. The largest absolute Gasteiger partial charge is 0.483 e. The van der Waals surface area contributed by atoms with Gasteiger partial charge in [-0.15, -0.1) is 0 Å². The molecule has 0 saturated heterocycles. The number of benzene rings is 1. The van der Waals surface area contributed by atoms with E-state index in [-0.39, 0.29) is 11.6 Å². The Morgan fingerprint density at radius 1 is 1.29 bits per heavy atom. The van der Waals surface area contributed by atoms with E-state index in [1.165, 1.54) is 22.3 Å². The van der Waals surface area contributed by atoms with E-state index >= 15 is 0 Å². The maximum atomic E-state index is 6.04. The van der Waals surface area contributed by atoms with Crippen molar-refractivity contribution in [2.24, 2.45) is 5.73 Å². The van der Waals surface area contributed by atoms with Crippen LogP contribution in [-0.2, 0) is 0 Å². The van der Waals surface area contributed by atoms with Gasteiger partial charge in [0.25, 0.3) is 0 Å². The lowest BCUT2D eigenvalue weighted by atomic mass is 9.90. The second-order valence-electron chi connectivity index (χ2n) is 5.47. The van der Waals surface area contributed by atoms with E-state index in [9.17, 15) is 0 Å². The second kappa shape index (κ2) is 3.88. The van der Waals surface area contributed by atoms with Crippen molar-refractivity contribution < 1.29 is 4.74 Å². The molecule has 2 N–H and O–H groups in total. The SMILES string of the molecule is Cc1cc2c(c(C)c1C(C)N)C=CC(C)(C)O2. The summed E-state index contributed by atoms with van der Waals surface area (Å²) in [4.78, 5) is 0. The summed E-state index contributed by atoms with van der Waals surface area (Å²) in [5.74, 6) is 0.969. The predicted octanol–water partition coefficient (Wildman–Crippen LogP) is 3.51. The molecule has 2 rings (SSSR count). The highest BCUT2D eigenvalue weighted by Gasteiger charge is 2.24. The predicted molar refractivity (Wildman–Crippen MR) is 72.3 cm³/mol. The van der Waals surface area contributed by atoms with Crippen molar-refractivity contribution in [1.82, 2.24) is 0 Å². The summed E-state index contributed by atoms with van der Waals surface area (Å²) in [5.41, 5.74) is 10.7. The molecule has 1 aliphatic heterocycles. The van der Waals surface area contributed by atoms with E-state index in [0.717, 1.165) is 5.75 Å². The molecule has 1 aromatic rings. The lowest BCUT2D eigenvalue weighted by Gasteiger charge is -2.30. The Labute approximate surface area is 103 Å². The Morgan fingerprint density at radius 2 is 1.94 bits per heavy atom. The molecule has 0 bridgehead atoms. The third kappa shape index (κ3) is 2.09. The number of fused-ring (bicyclic) bond motifs is 1. The molecule has 0 spiro atoms. The minimum absolute atomic E-state index is 0.0589.